The lowest BCUT2D eigenvalue weighted by Crippen LogP contribution is -2.42. The number of benzene rings is 1. The summed E-state index contributed by atoms with van der Waals surface area (Å²) in [5.74, 6) is -0.858. The topological polar surface area (TPSA) is 70.2 Å². The second-order valence-electron chi connectivity index (χ2n) is 4.82. The SMILES string of the molecule is Cl.O=C(CNC(=O)C1CCCNC1)Nc1ccc(F)cc1. The molecule has 0 spiro atoms. The van der Waals surface area contributed by atoms with Gasteiger partial charge in [0.1, 0.15) is 5.82 Å². The Hall–Kier alpha value is -1.66. The van der Waals surface area contributed by atoms with Crippen molar-refractivity contribution in [2.45, 2.75) is 12.8 Å². The first-order valence-electron chi connectivity index (χ1n) is 6.69. The van der Waals surface area contributed by atoms with Crippen molar-refractivity contribution in [1.82, 2.24) is 10.6 Å². The summed E-state index contributed by atoms with van der Waals surface area (Å²) >= 11 is 0. The molecule has 1 unspecified atom stereocenters. The predicted molar refractivity (Wildman–Crippen MR) is 80.9 cm³/mol. The van der Waals surface area contributed by atoms with Gasteiger partial charge in [-0.15, -0.1) is 12.4 Å². The number of carbonyl (C=O) groups is 2. The number of amides is 2. The predicted octanol–water partition coefficient (Wildman–Crippen LogP) is 1.30. The highest BCUT2D eigenvalue weighted by Gasteiger charge is 2.20. The summed E-state index contributed by atoms with van der Waals surface area (Å²) in [6, 6.07) is 5.48. The number of hydrogen-bond donors (Lipinski definition) is 3. The lowest BCUT2D eigenvalue weighted by atomic mass is 9.99. The van der Waals surface area contributed by atoms with Crippen molar-refractivity contribution < 1.29 is 14.0 Å². The fourth-order valence-corrected chi connectivity index (χ4v) is 2.13. The van der Waals surface area contributed by atoms with E-state index in [1.807, 2.05) is 0 Å². The third kappa shape index (κ3) is 5.69. The average Bonchev–Trinajstić information content (AvgIpc) is 2.48. The number of rotatable bonds is 4. The Bertz CT molecular complexity index is 476. The van der Waals surface area contributed by atoms with Crippen LogP contribution in [-0.2, 0) is 9.59 Å². The van der Waals surface area contributed by atoms with Gasteiger partial charge < -0.3 is 16.0 Å². The molecule has 5 nitrogen and oxygen atoms in total. The van der Waals surface area contributed by atoms with E-state index in [1.165, 1.54) is 24.3 Å². The van der Waals surface area contributed by atoms with Gasteiger partial charge in [-0.2, -0.15) is 0 Å². The molecule has 0 bridgehead atoms. The largest absolute Gasteiger partial charge is 0.347 e. The van der Waals surface area contributed by atoms with Crippen LogP contribution in [0.25, 0.3) is 0 Å². The monoisotopic (exact) mass is 315 g/mol. The second-order valence-corrected chi connectivity index (χ2v) is 4.82. The summed E-state index contributed by atoms with van der Waals surface area (Å²) in [5, 5.41) is 8.36. The number of carbonyl (C=O) groups excluding carboxylic acids is 2. The van der Waals surface area contributed by atoms with Crippen LogP contribution < -0.4 is 16.0 Å². The molecule has 1 aliphatic heterocycles. The van der Waals surface area contributed by atoms with Crippen LogP contribution in [0.15, 0.2) is 24.3 Å². The van der Waals surface area contributed by atoms with Crippen LogP contribution in [0.5, 0.6) is 0 Å². The van der Waals surface area contributed by atoms with Crippen LogP contribution in [0.3, 0.4) is 0 Å². The zero-order valence-electron chi connectivity index (χ0n) is 11.5. The molecule has 1 aliphatic rings. The minimum absolute atomic E-state index is 0. The number of anilines is 1. The van der Waals surface area contributed by atoms with E-state index in [-0.39, 0.29) is 42.5 Å². The van der Waals surface area contributed by atoms with Gasteiger partial charge in [0, 0.05) is 12.2 Å². The lowest BCUT2D eigenvalue weighted by Gasteiger charge is -2.21. The maximum Gasteiger partial charge on any atom is 0.243 e. The standard InChI is InChI=1S/C14H18FN3O2.ClH/c15-11-3-5-12(6-4-11)18-13(19)9-17-14(20)10-2-1-7-16-8-10;/h3-6,10,16H,1-2,7-9H2,(H,17,20)(H,18,19);1H. The molecule has 0 radical (unpaired) electrons. The normalized spacial score (nSPS) is 17.5. The summed E-state index contributed by atoms with van der Waals surface area (Å²) in [4.78, 5) is 23.5. The highest BCUT2D eigenvalue weighted by molar-refractivity contribution is 5.94. The molecule has 21 heavy (non-hydrogen) atoms. The van der Waals surface area contributed by atoms with E-state index in [9.17, 15) is 14.0 Å². The maximum atomic E-state index is 12.7. The summed E-state index contributed by atoms with van der Waals surface area (Å²) in [7, 11) is 0. The molecule has 0 saturated carbocycles. The Labute approximate surface area is 129 Å². The molecule has 1 aromatic rings. The smallest absolute Gasteiger partial charge is 0.243 e. The first kappa shape index (κ1) is 17.4. The molecule has 2 amide bonds. The number of hydrogen-bond acceptors (Lipinski definition) is 3. The quantitative estimate of drug-likeness (QED) is 0.784. The van der Waals surface area contributed by atoms with Crippen molar-refractivity contribution in [3.63, 3.8) is 0 Å². The van der Waals surface area contributed by atoms with Crippen LogP contribution >= 0.6 is 12.4 Å². The highest BCUT2D eigenvalue weighted by atomic mass is 35.5. The van der Waals surface area contributed by atoms with Gasteiger partial charge in [-0.1, -0.05) is 0 Å². The zero-order valence-corrected chi connectivity index (χ0v) is 12.3. The maximum absolute atomic E-state index is 12.7. The van der Waals surface area contributed by atoms with Crippen molar-refractivity contribution in [1.29, 1.82) is 0 Å². The third-order valence-corrected chi connectivity index (χ3v) is 3.22. The van der Waals surface area contributed by atoms with Gasteiger partial charge >= 0.3 is 0 Å². The van der Waals surface area contributed by atoms with Crippen LogP contribution in [0, 0.1) is 11.7 Å². The Morgan fingerprint density at radius 2 is 2.00 bits per heavy atom. The second kappa shape index (κ2) is 8.59. The number of piperidine rings is 1. The van der Waals surface area contributed by atoms with Gasteiger partial charge in [0.25, 0.3) is 0 Å². The lowest BCUT2D eigenvalue weighted by molar-refractivity contribution is -0.127. The van der Waals surface area contributed by atoms with Gasteiger partial charge in [0.2, 0.25) is 11.8 Å². The van der Waals surface area contributed by atoms with Crippen LogP contribution in [0.1, 0.15) is 12.8 Å². The van der Waals surface area contributed by atoms with Gasteiger partial charge in [0.15, 0.2) is 0 Å². The van der Waals surface area contributed by atoms with Gasteiger partial charge in [0.05, 0.1) is 12.5 Å². The van der Waals surface area contributed by atoms with Gasteiger partial charge in [-0.05, 0) is 43.7 Å². The molecule has 1 heterocycles. The highest BCUT2D eigenvalue weighted by Crippen LogP contribution is 2.10. The van der Waals surface area contributed by atoms with Crippen LogP contribution in [0.4, 0.5) is 10.1 Å². The van der Waals surface area contributed by atoms with Crippen LogP contribution in [0.2, 0.25) is 0 Å². The molecule has 1 saturated heterocycles. The molecule has 7 heteroatoms. The molecular weight excluding hydrogens is 297 g/mol. The van der Waals surface area contributed by atoms with E-state index in [2.05, 4.69) is 16.0 Å². The summed E-state index contributed by atoms with van der Waals surface area (Å²) < 4.78 is 12.7. The van der Waals surface area contributed by atoms with E-state index < -0.39 is 0 Å². The Balaban J connectivity index is 0.00000220. The molecule has 2 rings (SSSR count). The molecule has 1 fully saturated rings. The molecule has 3 N–H and O–H groups in total. The summed E-state index contributed by atoms with van der Waals surface area (Å²) in [6.07, 6.45) is 1.82. The van der Waals surface area contributed by atoms with Crippen molar-refractivity contribution in [3.05, 3.63) is 30.1 Å². The molecular formula is C14H19ClFN3O2. The van der Waals surface area contributed by atoms with Crippen LogP contribution in [-0.4, -0.2) is 31.4 Å². The van der Waals surface area contributed by atoms with Gasteiger partial charge in [-0.3, -0.25) is 9.59 Å². The fourth-order valence-electron chi connectivity index (χ4n) is 2.13. The molecule has 1 aromatic carbocycles. The third-order valence-electron chi connectivity index (χ3n) is 3.22. The molecule has 1 atom stereocenters. The van der Waals surface area contributed by atoms with E-state index in [1.54, 1.807) is 0 Å². The van der Waals surface area contributed by atoms with Crippen molar-refractivity contribution in [2.24, 2.45) is 5.92 Å². The molecule has 116 valence electrons. The molecule has 0 aromatic heterocycles. The average molecular weight is 316 g/mol. The van der Waals surface area contributed by atoms with E-state index in [0.29, 0.717) is 12.2 Å². The van der Waals surface area contributed by atoms with Gasteiger partial charge in [-0.25, -0.2) is 4.39 Å². The van der Waals surface area contributed by atoms with Crippen molar-refractivity contribution in [3.8, 4) is 0 Å². The number of halogens is 2. The van der Waals surface area contributed by atoms with Crippen molar-refractivity contribution in [2.75, 3.05) is 25.0 Å². The zero-order chi connectivity index (χ0) is 14.4. The fraction of sp³-hybridized carbons (Fsp3) is 0.429. The van der Waals surface area contributed by atoms with E-state index in [4.69, 9.17) is 0 Å². The number of nitrogens with one attached hydrogen (secondary N) is 3. The Morgan fingerprint density at radius 1 is 1.29 bits per heavy atom. The van der Waals surface area contributed by atoms with Crippen molar-refractivity contribution >= 4 is 29.9 Å². The first-order valence-corrected chi connectivity index (χ1v) is 6.69. The Kier molecular flexibility index (Phi) is 7.11. The Morgan fingerprint density at radius 3 is 2.62 bits per heavy atom. The van der Waals surface area contributed by atoms with E-state index >= 15 is 0 Å². The minimum atomic E-state index is -0.360. The molecule has 0 aliphatic carbocycles. The first-order chi connectivity index (χ1) is 9.65. The van der Waals surface area contributed by atoms with E-state index in [0.717, 1.165) is 19.4 Å². The minimum Gasteiger partial charge on any atom is -0.347 e. The summed E-state index contributed by atoms with van der Waals surface area (Å²) in [5.41, 5.74) is 0.505. The summed E-state index contributed by atoms with van der Waals surface area (Å²) in [6.45, 7) is 1.52.